The van der Waals surface area contributed by atoms with E-state index in [1.165, 1.54) is 0 Å². The Bertz CT molecular complexity index is 599. The summed E-state index contributed by atoms with van der Waals surface area (Å²) >= 11 is 6.09. The fourth-order valence-corrected chi connectivity index (χ4v) is 1.97. The van der Waals surface area contributed by atoms with Gasteiger partial charge in [0.1, 0.15) is 12.2 Å². The zero-order valence-corrected chi connectivity index (χ0v) is 11.4. The van der Waals surface area contributed by atoms with E-state index < -0.39 is 0 Å². The van der Waals surface area contributed by atoms with Crippen LogP contribution in [0.5, 0.6) is 0 Å². The first-order valence-electron chi connectivity index (χ1n) is 6.04. The molecule has 0 aliphatic heterocycles. The third kappa shape index (κ3) is 3.24. The minimum absolute atomic E-state index is 0.528. The highest BCUT2D eigenvalue weighted by Gasteiger charge is 2.05. The predicted octanol–water partition coefficient (Wildman–Crippen LogP) is 2.83. The smallest absolute Gasteiger partial charge is 0.146 e. The largest absolute Gasteiger partial charge is 0.377 e. The minimum atomic E-state index is 0.528. The summed E-state index contributed by atoms with van der Waals surface area (Å²) in [6.07, 6.45) is 2.56. The van der Waals surface area contributed by atoms with Gasteiger partial charge in [-0.2, -0.15) is 10.4 Å². The number of hydrogen-bond donors (Lipinski definition) is 1. The van der Waals surface area contributed by atoms with Gasteiger partial charge in [-0.1, -0.05) is 18.5 Å². The summed E-state index contributed by atoms with van der Waals surface area (Å²) in [5, 5.41) is 16.7. The number of anilines is 1. The Morgan fingerprint density at radius 2 is 2.32 bits per heavy atom. The number of nitrogens with zero attached hydrogens (tertiary/aromatic N) is 4. The number of rotatable bonds is 5. The second kappa shape index (κ2) is 6.21. The molecule has 6 heteroatoms. The molecule has 19 heavy (non-hydrogen) atoms. The van der Waals surface area contributed by atoms with Crippen LogP contribution in [0.1, 0.15) is 24.7 Å². The molecule has 0 saturated carbocycles. The van der Waals surface area contributed by atoms with E-state index in [0.717, 1.165) is 24.5 Å². The summed E-state index contributed by atoms with van der Waals surface area (Å²) in [5.74, 6) is 0.863. The maximum Gasteiger partial charge on any atom is 0.146 e. The first kappa shape index (κ1) is 13.4. The van der Waals surface area contributed by atoms with Crippen LogP contribution in [0.2, 0.25) is 5.02 Å². The maximum atomic E-state index is 8.78. The number of hydrogen-bond acceptors (Lipinski definition) is 4. The average molecular weight is 276 g/mol. The van der Waals surface area contributed by atoms with Crippen LogP contribution in [0.25, 0.3) is 0 Å². The maximum absolute atomic E-state index is 8.78. The quantitative estimate of drug-likeness (QED) is 0.911. The Kier molecular flexibility index (Phi) is 4.37. The highest BCUT2D eigenvalue weighted by Crippen LogP contribution is 2.23. The number of nitriles is 1. The molecule has 1 heterocycles. The van der Waals surface area contributed by atoms with Crippen molar-refractivity contribution in [1.82, 2.24) is 14.8 Å². The third-order valence-electron chi connectivity index (χ3n) is 2.67. The predicted molar refractivity (Wildman–Crippen MR) is 73.8 cm³/mol. The van der Waals surface area contributed by atoms with Crippen molar-refractivity contribution in [3.05, 3.63) is 40.9 Å². The molecule has 1 N–H and O–H groups in total. The van der Waals surface area contributed by atoms with Crippen LogP contribution in [0.4, 0.5) is 5.69 Å². The molecule has 1 aromatic carbocycles. The van der Waals surface area contributed by atoms with Gasteiger partial charge in [-0.25, -0.2) is 9.67 Å². The van der Waals surface area contributed by atoms with Gasteiger partial charge in [0.25, 0.3) is 0 Å². The molecular formula is C13H14ClN5. The average Bonchev–Trinajstić information content (AvgIpc) is 2.85. The van der Waals surface area contributed by atoms with Gasteiger partial charge in [0.05, 0.1) is 28.9 Å². The second-order valence-electron chi connectivity index (χ2n) is 4.06. The lowest BCUT2D eigenvalue weighted by Crippen LogP contribution is -2.10. The van der Waals surface area contributed by atoms with Crippen molar-refractivity contribution in [1.29, 1.82) is 5.26 Å². The van der Waals surface area contributed by atoms with Crippen molar-refractivity contribution in [2.45, 2.75) is 26.4 Å². The van der Waals surface area contributed by atoms with Crippen LogP contribution in [0.15, 0.2) is 24.5 Å². The summed E-state index contributed by atoms with van der Waals surface area (Å²) in [5.41, 5.74) is 1.33. The van der Waals surface area contributed by atoms with Crippen molar-refractivity contribution in [3.8, 4) is 6.07 Å². The van der Waals surface area contributed by atoms with E-state index in [1.807, 2.05) is 4.68 Å². The highest BCUT2D eigenvalue weighted by molar-refractivity contribution is 6.33. The Labute approximate surface area is 116 Å². The molecule has 0 aliphatic carbocycles. The van der Waals surface area contributed by atoms with Gasteiger partial charge in [0, 0.05) is 6.54 Å². The van der Waals surface area contributed by atoms with Gasteiger partial charge >= 0.3 is 0 Å². The van der Waals surface area contributed by atoms with Gasteiger partial charge in [-0.15, -0.1) is 0 Å². The Balaban J connectivity index is 2.06. The number of benzene rings is 1. The fraction of sp³-hybridized carbons (Fsp3) is 0.308. The van der Waals surface area contributed by atoms with E-state index in [0.29, 0.717) is 17.1 Å². The van der Waals surface area contributed by atoms with Crippen molar-refractivity contribution < 1.29 is 0 Å². The van der Waals surface area contributed by atoms with E-state index in [2.05, 4.69) is 28.4 Å². The second-order valence-corrected chi connectivity index (χ2v) is 4.47. The molecule has 0 saturated heterocycles. The van der Waals surface area contributed by atoms with Crippen LogP contribution in [0.3, 0.4) is 0 Å². The molecule has 1 aromatic heterocycles. The van der Waals surface area contributed by atoms with Crippen LogP contribution < -0.4 is 5.32 Å². The molecule has 2 rings (SSSR count). The van der Waals surface area contributed by atoms with Crippen LogP contribution in [0, 0.1) is 11.3 Å². The molecule has 0 unspecified atom stereocenters. The molecule has 0 fully saturated rings. The molecule has 0 amide bonds. The van der Waals surface area contributed by atoms with Gasteiger partial charge in [-0.3, -0.25) is 0 Å². The number of nitrogens with one attached hydrogen (secondary N) is 1. The molecule has 98 valence electrons. The molecule has 0 atom stereocenters. The lowest BCUT2D eigenvalue weighted by molar-refractivity contribution is 0.574. The Morgan fingerprint density at radius 3 is 3.00 bits per heavy atom. The van der Waals surface area contributed by atoms with Crippen molar-refractivity contribution in [2.75, 3.05) is 5.32 Å². The molecule has 0 radical (unpaired) electrons. The Hall–Kier alpha value is -2.06. The molecule has 0 spiro atoms. The van der Waals surface area contributed by atoms with Crippen molar-refractivity contribution in [2.24, 2.45) is 0 Å². The van der Waals surface area contributed by atoms with Crippen LogP contribution in [-0.4, -0.2) is 14.8 Å². The lowest BCUT2D eigenvalue weighted by atomic mass is 10.2. The highest BCUT2D eigenvalue weighted by atomic mass is 35.5. The normalized spacial score (nSPS) is 10.2. The number of aromatic nitrogens is 3. The zero-order valence-electron chi connectivity index (χ0n) is 10.6. The zero-order chi connectivity index (χ0) is 13.7. The first-order chi connectivity index (χ1) is 9.24. The molecule has 0 aliphatic rings. The topological polar surface area (TPSA) is 66.5 Å². The van der Waals surface area contributed by atoms with E-state index in [1.54, 1.807) is 24.5 Å². The van der Waals surface area contributed by atoms with E-state index >= 15 is 0 Å². The van der Waals surface area contributed by atoms with Gasteiger partial charge in [0.15, 0.2) is 0 Å². The molecule has 0 bridgehead atoms. The van der Waals surface area contributed by atoms with E-state index in [-0.39, 0.29) is 0 Å². The van der Waals surface area contributed by atoms with Crippen molar-refractivity contribution >= 4 is 17.3 Å². The van der Waals surface area contributed by atoms with E-state index in [9.17, 15) is 0 Å². The van der Waals surface area contributed by atoms with Crippen LogP contribution in [-0.2, 0) is 13.1 Å². The summed E-state index contributed by atoms with van der Waals surface area (Å²) < 4.78 is 1.87. The fourth-order valence-electron chi connectivity index (χ4n) is 1.73. The number of halogens is 1. The standard InChI is InChI=1S/C13H14ClN5/c1-2-5-19-13(17-9-18-19)8-16-12-4-3-10(7-15)6-11(12)14/h3-4,6,9,16H,2,5,8H2,1H3. The molecular weight excluding hydrogens is 262 g/mol. The minimum Gasteiger partial charge on any atom is -0.377 e. The third-order valence-corrected chi connectivity index (χ3v) is 2.98. The van der Waals surface area contributed by atoms with Crippen LogP contribution >= 0.6 is 11.6 Å². The summed E-state index contributed by atoms with van der Waals surface area (Å²) in [6.45, 7) is 3.49. The van der Waals surface area contributed by atoms with Crippen molar-refractivity contribution in [3.63, 3.8) is 0 Å². The monoisotopic (exact) mass is 275 g/mol. The first-order valence-corrected chi connectivity index (χ1v) is 6.42. The molecule has 2 aromatic rings. The summed E-state index contributed by atoms with van der Waals surface area (Å²) in [6, 6.07) is 7.21. The van der Waals surface area contributed by atoms with Gasteiger partial charge in [0.2, 0.25) is 0 Å². The SMILES string of the molecule is CCCn1ncnc1CNc1ccc(C#N)cc1Cl. The van der Waals surface area contributed by atoms with Gasteiger partial charge in [-0.05, 0) is 24.6 Å². The summed E-state index contributed by atoms with van der Waals surface area (Å²) in [7, 11) is 0. The molecule has 5 nitrogen and oxygen atoms in total. The van der Waals surface area contributed by atoms with E-state index in [4.69, 9.17) is 16.9 Å². The number of aryl methyl sites for hydroxylation is 1. The lowest BCUT2D eigenvalue weighted by Gasteiger charge is -2.09. The Morgan fingerprint density at radius 1 is 1.47 bits per heavy atom. The summed E-state index contributed by atoms with van der Waals surface area (Å²) in [4.78, 5) is 4.21. The van der Waals surface area contributed by atoms with Gasteiger partial charge < -0.3 is 5.32 Å².